The summed E-state index contributed by atoms with van der Waals surface area (Å²) in [6.45, 7) is 0.355. The molecule has 0 aliphatic rings. The van der Waals surface area contributed by atoms with Gasteiger partial charge in [-0.3, -0.25) is 4.79 Å². The fourth-order valence-electron chi connectivity index (χ4n) is 1.60. The van der Waals surface area contributed by atoms with Crippen LogP contribution in [0.5, 0.6) is 0 Å². The molecular formula is C10H9FIN3OS. The summed E-state index contributed by atoms with van der Waals surface area (Å²) >= 11 is 7.03. The number of fused-ring (bicyclic) bond motifs is 1. The predicted octanol–water partition coefficient (Wildman–Crippen LogP) is 2.32. The Morgan fingerprint density at radius 1 is 1.59 bits per heavy atom. The van der Waals surface area contributed by atoms with E-state index in [2.05, 4.69) is 4.98 Å². The number of halogens is 2. The first-order chi connectivity index (χ1) is 7.99. The van der Waals surface area contributed by atoms with Crippen molar-refractivity contribution < 1.29 is 9.18 Å². The molecule has 0 spiro atoms. The van der Waals surface area contributed by atoms with Gasteiger partial charge in [0.05, 0.1) is 14.6 Å². The minimum absolute atomic E-state index is 0.175. The Kier molecular flexibility index (Phi) is 3.48. The Hall–Kier alpha value is -0.960. The molecule has 0 aliphatic heterocycles. The van der Waals surface area contributed by atoms with E-state index in [-0.39, 0.29) is 12.2 Å². The molecule has 3 N–H and O–H groups in total. The number of primary amides is 1. The van der Waals surface area contributed by atoms with Crippen LogP contribution in [-0.4, -0.2) is 15.5 Å². The fourth-order valence-corrected chi connectivity index (χ4v) is 2.36. The van der Waals surface area contributed by atoms with Gasteiger partial charge in [0.25, 0.3) is 0 Å². The zero-order valence-electron chi connectivity index (χ0n) is 8.67. The lowest BCUT2D eigenvalue weighted by atomic mass is 10.3. The van der Waals surface area contributed by atoms with E-state index in [4.69, 9.17) is 18.0 Å². The van der Waals surface area contributed by atoms with Crippen LogP contribution < -0.4 is 5.73 Å². The van der Waals surface area contributed by atoms with Crippen molar-refractivity contribution in [1.29, 1.82) is 0 Å². The molecule has 1 heterocycles. The SMILES string of the molecule is NC(=O)CCn1c(=S)[nH]c2cc(I)c(F)cc21. The number of amides is 1. The van der Waals surface area contributed by atoms with Gasteiger partial charge in [-0.1, -0.05) is 0 Å². The highest BCUT2D eigenvalue weighted by Crippen LogP contribution is 2.20. The molecule has 0 saturated heterocycles. The van der Waals surface area contributed by atoms with Crippen molar-refractivity contribution in [3.8, 4) is 0 Å². The second kappa shape index (κ2) is 4.73. The highest BCUT2D eigenvalue weighted by Gasteiger charge is 2.09. The van der Waals surface area contributed by atoms with Crippen LogP contribution in [0.25, 0.3) is 11.0 Å². The molecule has 1 amide bonds. The topological polar surface area (TPSA) is 63.8 Å². The third kappa shape index (κ3) is 2.49. The molecule has 0 bridgehead atoms. The van der Waals surface area contributed by atoms with Crippen molar-refractivity contribution in [1.82, 2.24) is 9.55 Å². The normalized spacial score (nSPS) is 10.9. The summed E-state index contributed by atoms with van der Waals surface area (Å²) in [6.07, 6.45) is 0.175. The maximum absolute atomic E-state index is 13.5. The summed E-state index contributed by atoms with van der Waals surface area (Å²) in [5.74, 6) is -0.716. The van der Waals surface area contributed by atoms with Gasteiger partial charge in [-0.15, -0.1) is 0 Å². The lowest BCUT2D eigenvalue weighted by Gasteiger charge is -2.02. The molecule has 0 saturated carbocycles. The Bertz CT molecular complexity index is 649. The van der Waals surface area contributed by atoms with Crippen LogP contribution in [0, 0.1) is 14.2 Å². The highest BCUT2D eigenvalue weighted by atomic mass is 127. The Labute approximate surface area is 115 Å². The first kappa shape index (κ1) is 12.5. The monoisotopic (exact) mass is 365 g/mol. The lowest BCUT2D eigenvalue weighted by molar-refractivity contribution is -0.118. The molecule has 4 nitrogen and oxygen atoms in total. The number of aryl methyl sites for hydroxylation is 1. The van der Waals surface area contributed by atoms with Gasteiger partial charge in [0.1, 0.15) is 5.82 Å². The van der Waals surface area contributed by atoms with Crippen LogP contribution in [0.4, 0.5) is 4.39 Å². The van der Waals surface area contributed by atoms with Gasteiger partial charge < -0.3 is 15.3 Å². The number of carbonyl (C=O) groups is 1. The largest absolute Gasteiger partial charge is 0.370 e. The Morgan fingerprint density at radius 3 is 2.94 bits per heavy atom. The molecule has 2 rings (SSSR count). The summed E-state index contributed by atoms with van der Waals surface area (Å²) in [5, 5.41) is 0. The summed E-state index contributed by atoms with van der Waals surface area (Å²) in [6, 6.07) is 3.09. The molecule has 17 heavy (non-hydrogen) atoms. The van der Waals surface area contributed by atoms with E-state index in [1.54, 1.807) is 10.6 Å². The molecule has 90 valence electrons. The maximum Gasteiger partial charge on any atom is 0.219 e. The lowest BCUT2D eigenvalue weighted by Crippen LogP contribution is -2.13. The van der Waals surface area contributed by atoms with Crippen LogP contribution in [0.2, 0.25) is 0 Å². The third-order valence-electron chi connectivity index (χ3n) is 2.40. The zero-order valence-corrected chi connectivity index (χ0v) is 11.6. The van der Waals surface area contributed by atoms with Gasteiger partial charge in [0, 0.05) is 19.0 Å². The van der Waals surface area contributed by atoms with Crippen LogP contribution in [0.3, 0.4) is 0 Å². The first-order valence-corrected chi connectivity index (χ1v) is 6.33. The van der Waals surface area contributed by atoms with E-state index < -0.39 is 5.91 Å². The zero-order chi connectivity index (χ0) is 12.6. The number of aromatic amines is 1. The van der Waals surface area contributed by atoms with E-state index in [1.807, 2.05) is 22.6 Å². The van der Waals surface area contributed by atoms with Crippen LogP contribution in [0.1, 0.15) is 6.42 Å². The van der Waals surface area contributed by atoms with Gasteiger partial charge in [0.2, 0.25) is 5.91 Å². The third-order valence-corrected chi connectivity index (χ3v) is 3.55. The molecule has 0 fully saturated rings. The van der Waals surface area contributed by atoms with Crippen molar-refractivity contribution in [2.45, 2.75) is 13.0 Å². The number of rotatable bonds is 3. The van der Waals surface area contributed by atoms with Crippen LogP contribution in [0.15, 0.2) is 12.1 Å². The van der Waals surface area contributed by atoms with Gasteiger partial charge >= 0.3 is 0 Å². The van der Waals surface area contributed by atoms with E-state index in [9.17, 15) is 9.18 Å². The van der Waals surface area contributed by atoms with Crippen molar-refractivity contribution in [2.24, 2.45) is 5.73 Å². The number of nitrogens with zero attached hydrogens (tertiary/aromatic N) is 1. The minimum Gasteiger partial charge on any atom is -0.370 e. The molecule has 2 aromatic rings. The smallest absolute Gasteiger partial charge is 0.219 e. The molecule has 1 aromatic heterocycles. The molecule has 0 aliphatic carbocycles. The number of carbonyl (C=O) groups excluding carboxylic acids is 1. The summed E-state index contributed by atoms with van der Waals surface area (Å²) < 4.78 is 16.1. The number of imidazole rings is 1. The number of H-pyrrole nitrogens is 1. The van der Waals surface area contributed by atoms with Crippen LogP contribution in [-0.2, 0) is 11.3 Å². The van der Waals surface area contributed by atoms with Crippen LogP contribution >= 0.6 is 34.8 Å². The number of hydrogen-bond acceptors (Lipinski definition) is 2. The van der Waals surface area contributed by atoms with Gasteiger partial charge in [0.15, 0.2) is 4.77 Å². The Morgan fingerprint density at radius 2 is 2.29 bits per heavy atom. The average Bonchev–Trinajstić information content (AvgIpc) is 2.52. The number of hydrogen-bond donors (Lipinski definition) is 2. The molecule has 0 radical (unpaired) electrons. The van der Waals surface area contributed by atoms with Crippen molar-refractivity contribution >= 4 is 51.7 Å². The summed E-state index contributed by atoms with van der Waals surface area (Å²) in [4.78, 5) is 13.7. The second-order valence-corrected chi connectivity index (χ2v) is 5.13. The fraction of sp³-hybridized carbons (Fsp3) is 0.200. The second-order valence-electron chi connectivity index (χ2n) is 3.58. The van der Waals surface area contributed by atoms with E-state index >= 15 is 0 Å². The van der Waals surface area contributed by atoms with Gasteiger partial charge in [-0.05, 0) is 40.9 Å². The maximum atomic E-state index is 13.5. The predicted molar refractivity (Wildman–Crippen MR) is 73.6 cm³/mol. The van der Waals surface area contributed by atoms with Crippen molar-refractivity contribution in [2.75, 3.05) is 0 Å². The Balaban J connectivity index is 2.54. The molecule has 1 aromatic carbocycles. The van der Waals surface area contributed by atoms with Crippen molar-refractivity contribution in [3.05, 3.63) is 26.3 Å². The summed E-state index contributed by atoms with van der Waals surface area (Å²) in [7, 11) is 0. The summed E-state index contributed by atoms with van der Waals surface area (Å²) in [5.41, 5.74) is 6.49. The molecule has 0 unspecified atom stereocenters. The highest BCUT2D eigenvalue weighted by molar-refractivity contribution is 14.1. The molecule has 0 atom stereocenters. The standard InChI is InChI=1S/C10H9FIN3OS/c11-5-3-8-7(4-6(5)12)14-10(17)15(8)2-1-9(13)16/h3-4H,1-2H2,(H2,13,16)(H,14,17). The van der Waals surface area contributed by atoms with E-state index in [0.717, 1.165) is 5.52 Å². The number of aromatic nitrogens is 2. The number of nitrogens with one attached hydrogen (secondary N) is 1. The van der Waals surface area contributed by atoms with Crippen molar-refractivity contribution in [3.63, 3.8) is 0 Å². The van der Waals surface area contributed by atoms with E-state index in [1.165, 1.54) is 6.07 Å². The number of benzene rings is 1. The minimum atomic E-state index is -0.410. The molecule has 7 heteroatoms. The quantitative estimate of drug-likeness (QED) is 0.648. The van der Waals surface area contributed by atoms with E-state index in [0.29, 0.717) is 20.4 Å². The average molecular weight is 365 g/mol. The van der Waals surface area contributed by atoms with Gasteiger partial charge in [-0.2, -0.15) is 0 Å². The first-order valence-electron chi connectivity index (χ1n) is 4.85. The van der Waals surface area contributed by atoms with Gasteiger partial charge in [-0.25, -0.2) is 4.39 Å². The number of nitrogens with two attached hydrogens (primary N) is 1. The molecular weight excluding hydrogens is 356 g/mol.